The van der Waals surface area contributed by atoms with Crippen LogP contribution >= 0.6 is 7.44 Å². The van der Waals surface area contributed by atoms with Crippen LogP contribution in [0.2, 0.25) is 0 Å². The molecule has 1 aliphatic rings. The number of esters is 1. The number of hydrogen-bond donors (Lipinski definition) is 3. The monoisotopic (exact) mass is 591 g/mol. The van der Waals surface area contributed by atoms with Crippen molar-refractivity contribution < 1.29 is 28.3 Å². The summed E-state index contributed by atoms with van der Waals surface area (Å²) in [6.45, 7) is 7.76. The molecule has 2 atom stereocenters. The third-order valence-electron chi connectivity index (χ3n) is 6.42. The number of methoxy groups -OCH3 is 1. The highest BCUT2D eigenvalue weighted by Crippen LogP contribution is 2.49. The number of nitrogens with zero attached hydrogens (tertiary/aromatic N) is 4. The fourth-order valence-corrected chi connectivity index (χ4v) is 7.17. The summed E-state index contributed by atoms with van der Waals surface area (Å²) in [5.41, 5.74) is 7.83. The molecule has 2 unspecified atom stereocenters. The Hall–Kier alpha value is -3.29. The van der Waals surface area contributed by atoms with Crippen LogP contribution in [0.3, 0.4) is 0 Å². The Morgan fingerprint density at radius 1 is 1.20 bits per heavy atom. The number of fused-ring (bicyclic) bond motifs is 1. The van der Waals surface area contributed by atoms with E-state index < -0.39 is 25.1 Å². The SMILES string of the molecule is COCCOc1nc(N)c2[nH]c(=O)n(Cc3cccc(CP(=O)(NC(C)C(=O)OC(C)C)N4CCOCC4)c3)c2n1. The van der Waals surface area contributed by atoms with E-state index in [-0.39, 0.29) is 37.2 Å². The fourth-order valence-electron chi connectivity index (χ4n) is 4.51. The first kappa shape index (κ1) is 30.7. The lowest BCUT2D eigenvalue weighted by Crippen LogP contribution is -2.43. The fraction of sp³-hybridized carbons (Fsp3) is 0.538. The van der Waals surface area contributed by atoms with Crippen LogP contribution in [-0.4, -0.2) is 88.9 Å². The van der Waals surface area contributed by atoms with Gasteiger partial charge in [0, 0.05) is 20.2 Å². The Balaban J connectivity index is 1.59. The number of nitrogen functional groups attached to an aromatic ring is 1. The summed E-state index contributed by atoms with van der Waals surface area (Å²) in [7, 11) is -1.72. The molecule has 0 radical (unpaired) electrons. The zero-order chi connectivity index (χ0) is 29.6. The summed E-state index contributed by atoms with van der Waals surface area (Å²) in [5, 5.41) is 3.09. The number of carbonyl (C=O) groups is 1. The highest BCUT2D eigenvalue weighted by molar-refractivity contribution is 7.58. The summed E-state index contributed by atoms with van der Waals surface area (Å²) in [6, 6.07) is 6.73. The minimum Gasteiger partial charge on any atom is -0.462 e. The number of aromatic amines is 1. The molecule has 41 heavy (non-hydrogen) atoms. The molecule has 3 aromatic rings. The Morgan fingerprint density at radius 3 is 2.63 bits per heavy atom. The van der Waals surface area contributed by atoms with E-state index in [4.69, 9.17) is 24.7 Å². The van der Waals surface area contributed by atoms with Gasteiger partial charge in [-0.05, 0) is 31.9 Å². The van der Waals surface area contributed by atoms with Crippen molar-refractivity contribution in [3.63, 3.8) is 0 Å². The van der Waals surface area contributed by atoms with Crippen molar-refractivity contribution in [2.45, 2.75) is 45.6 Å². The summed E-state index contributed by atoms with van der Waals surface area (Å²) < 4.78 is 39.0. The highest BCUT2D eigenvalue weighted by Gasteiger charge is 2.35. The van der Waals surface area contributed by atoms with Crippen molar-refractivity contribution in [1.29, 1.82) is 0 Å². The Labute approximate surface area is 238 Å². The van der Waals surface area contributed by atoms with E-state index in [2.05, 4.69) is 20.0 Å². The molecule has 1 saturated heterocycles. The number of nitrogens with two attached hydrogens (primary N) is 1. The number of morpholine rings is 1. The van der Waals surface area contributed by atoms with E-state index >= 15 is 0 Å². The van der Waals surface area contributed by atoms with Crippen LogP contribution in [0.15, 0.2) is 29.1 Å². The van der Waals surface area contributed by atoms with E-state index in [9.17, 15) is 14.2 Å². The van der Waals surface area contributed by atoms with Gasteiger partial charge in [0.1, 0.15) is 18.2 Å². The summed E-state index contributed by atoms with van der Waals surface area (Å²) in [4.78, 5) is 36.6. The van der Waals surface area contributed by atoms with E-state index in [0.717, 1.165) is 11.1 Å². The number of anilines is 1. The second kappa shape index (κ2) is 13.6. The average molecular weight is 592 g/mol. The number of ether oxygens (including phenoxy) is 4. The van der Waals surface area contributed by atoms with E-state index in [1.54, 1.807) is 27.9 Å². The molecule has 1 fully saturated rings. The van der Waals surface area contributed by atoms with Gasteiger partial charge in [-0.3, -0.25) is 13.9 Å². The molecule has 15 heteroatoms. The second-order valence-electron chi connectivity index (χ2n) is 10.0. The minimum absolute atomic E-state index is 0.0381. The first-order valence-corrected chi connectivity index (χ1v) is 15.3. The summed E-state index contributed by atoms with van der Waals surface area (Å²) >= 11 is 0. The van der Waals surface area contributed by atoms with E-state index in [1.165, 1.54) is 4.57 Å². The van der Waals surface area contributed by atoms with Gasteiger partial charge in [-0.1, -0.05) is 24.3 Å². The minimum atomic E-state index is -3.27. The first-order chi connectivity index (χ1) is 19.6. The molecule has 14 nitrogen and oxygen atoms in total. The topological polar surface area (TPSA) is 176 Å². The van der Waals surface area contributed by atoms with Crippen molar-refractivity contribution in [3.05, 3.63) is 45.9 Å². The zero-order valence-electron chi connectivity index (χ0n) is 23.8. The van der Waals surface area contributed by atoms with Crippen LogP contribution in [0.5, 0.6) is 6.01 Å². The maximum Gasteiger partial charge on any atom is 0.328 e. The van der Waals surface area contributed by atoms with Crippen LogP contribution in [0, 0.1) is 0 Å². The Bertz CT molecular complexity index is 1450. The third kappa shape index (κ3) is 7.72. The molecule has 4 rings (SSSR count). The normalized spacial score (nSPS) is 16.5. The maximum atomic E-state index is 14.4. The number of benzene rings is 1. The van der Waals surface area contributed by atoms with Crippen molar-refractivity contribution in [1.82, 2.24) is 29.3 Å². The van der Waals surface area contributed by atoms with Crippen molar-refractivity contribution in [2.75, 3.05) is 52.4 Å². The average Bonchev–Trinajstić information content (AvgIpc) is 3.24. The largest absolute Gasteiger partial charge is 0.462 e. The number of rotatable bonds is 13. The lowest BCUT2D eigenvalue weighted by molar-refractivity contribution is -0.149. The van der Waals surface area contributed by atoms with Gasteiger partial charge in [-0.15, -0.1) is 0 Å². The number of H-pyrrole nitrogens is 1. The van der Waals surface area contributed by atoms with Gasteiger partial charge in [0.15, 0.2) is 11.5 Å². The number of aromatic nitrogens is 4. The molecule has 0 bridgehead atoms. The van der Waals surface area contributed by atoms with Gasteiger partial charge in [-0.25, -0.2) is 14.6 Å². The van der Waals surface area contributed by atoms with Gasteiger partial charge in [0.25, 0.3) is 0 Å². The van der Waals surface area contributed by atoms with Gasteiger partial charge >= 0.3 is 17.7 Å². The number of nitrogens with one attached hydrogen (secondary N) is 2. The zero-order valence-corrected chi connectivity index (χ0v) is 24.7. The van der Waals surface area contributed by atoms with E-state index in [0.29, 0.717) is 44.1 Å². The Morgan fingerprint density at radius 2 is 1.93 bits per heavy atom. The smallest absolute Gasteiger partial charge is 0.328 e. The molecule has 1 aliphatic heterocycles. The lowest BCUT2D eigenvalue weighted by atomic mass is 10.1. The van der Waals surface area contributed by atoms with Crippen LogP contribution in [0.25, 0.3) is 11.2 Å². The quantitative estimate of drug-likeness (QED) is 0.149. The van der Waals surface area contributed by atoms with Crippen molar-refractivity contribution in [3.8, 4) is 6.01 Å². The van der Waals surface area contributed by atoms with Crippen LogP contribution in [0.1, 0.15) is 31.9 Å². The third-order valence-corrected chi connectivity index (χ3v) is 9.32. The molecular weight excluding hydrogens is 553 g/mol. The van der Waals surface area contributed by atoms with Crippen LogP contribution < -0.4 is 21.2 Å². The second-order valence-corrected chi connectivity index (χ2v) is 12.6. The predicted molar refractivity (Wildman–Crippen MR) is 153 cm³/mol. The predicted octanol–water partition coefficient (Wildman–Crippen LogP) is 1.73. The van der Waals surface area contributed by atoms with Gasteiger partial charge in [0.05, 0.1) is 38.6 Å². The molecule has 0 aliphatic carbocycles. The van der Waals surface area contributed by atoms with Crippen LogP contribution in [0.4, 0.5) is 5.82 Å². The molecule has 224 valence electrons. The molecular formula is C26H38N7O7P. The molecule has 4 N–H and O–H groups in total. The highest BCUT2D eigenvalue weighted by atomic mass is 31.2. The number of imidazole rings is 1. The van der Waals surface area contributed by atoms with Gasteiger partial charge < -0.3 is 29.7 Å². The molecule has 1 aromatic carbocycles. The molecule has 0 spiro atoms. The van der Waals surface area contributed by atoms with Gasteiger partial charge in [0.2, 0.25) is 7.44 Å². The van der Waals surface area contributed by atoms with Crippen molar-refractivity contribution in [2.24, 2.45) is 0 Å². The standard InChI is InChI=1S/C26H38N7O7P/c1-17(2)40-24(34)18(3)31-41(36,32-8-10-38-11-9-32)16-20-7-5-6-19(14-20)15-33-23-21(28-26(33)35)22(27)29-25(30-23)39-13-12-37-4/h5-7,14,17-18H,8-13,15-16H2,1-4H3,(H,28,35)(H,31,36)(H2,27,29,30). The number of carbonyl (C=O) groups excluding carboxylic acids is 1. The lowest BCUT2D eigenvalue weighted by Gasteiger charge is -2.36. The Kier molecular flexibility index (Phi) is 10.2. The molecule has 2 aromatic heterocycles. The first-order valence-electron chi connectivity index (χ1n) is 13.5. The molecule has 0 amide bonds. The number of hydrogen-bond acceptors (Lipinski definition) is 10. The summed E-state index contributed by atoms with van der Waals surface area (Å²) in [5.74, 6) is -0.373. The molecule has 3 heterocycles. The maximum absolute atomic E-state index is 14.4. The van der Waals surface area contributed by atoms with Gasteiger partial charge in [-0.2, -0.15) is 9.97 Å². The van der Waals surface area contributed by atoms with Crippen LogP contribution in [-0.2, 0) is 36.3 Å². The van der Waals surface area contributed by atoms with E-state index in [1.807, 2.05) is 28.9 Å². The van der Waals surface area contributed by atoms with Crippen molar-refractivity contribution >= 4 is 30.4 Å². The molecule has 0 saturated carbocycles. The summed E-state index contributed by atoms with van der Waals surface area (Å²) in [6.07, 6.45) is -0.122.